The highest BCUT2D eigenvalue weighted by molar-refractivity contribution is 7.15. The minimum atomic E-state index is -0.716. The molecule has 29 heavy (non-hydrogen) atoms. The van der Waals surface area contributed by atoms with Crippen molar-refractivity contribution in [2.45, 2.75) is 6.42 Å². The van der Waals surface area contributed by atoms with Gasteiger partial charge in [0.05, 0.1) is 29.6 Å². The van der Waals surface area contributed by atoms with Gasteiger partial charge in [-0.1, -0.05) is 0 Å². The first-order chi connectivity index (χ1) is 14.1. The molecular weight excluding hydrogens is 396 g/mol. The van der Waals surface area contributed by atoms with Crippen LogP contribution in [0.5, 0.6) is 5.75 Å². The number of ether oxygens (including phenoxy) is 1. The fourth-order valence-electron chi connectivity index (χ4n) is 3.22. The van der Waals surface area contributed by atoms with E-state index >= 15 is 0 Å². The summed E-state index contributed by atoms with van der Waals surface area (Å²) in [5.41, 5.74) is 2.18. The molecule has 6 nitrogen and oxygen atoms in total. The molecule has 9 heteroatoms. The van der Waals surface area contributed by atoms with Crippen molar-refractivity contribution >= 4 is 11.3 Å². The van der Waals surface area contributed by atoms with Gasteiger partial charge in [-0.3, -0.25) is 4.57 Å². The van der Waals surface area contributed by atoms with E-state index in [9.17, 15) is 8.78 Å². The van der Waals surface area contributed by atoms with Crippen molar-refractivity contribution in [2.24, 2.45) is 0 Å². The zero-order valence-corrected chi connectivity index (χ0v) is 15.6. The Morgan fingerprint density at radius 1 is 1.17 bits per heavy atom. The molecule has 3 heterocycles. The van der Waals surface area contributed by atoms with Crippen molar-refractivity contribution in [3.63, 3.8) is 0 Å². The van der Waals surface area contributed by atoms with Crippen LogP contribution in [0.4, 0.5) is 8.78 Å². The van der Waals surface area contributed by atoms with Crippen molar-refractivity contribution < 1.29 is 13.5 Å². The minimum Gasteiger partial charge on any atom is -0.492 e. The summed E-state index contributed by atoms with van der Waals surface area (Å²) in [4.78, 5) is 5.72. The van der Waals surface area contributed by atoms with Gasteiger partial charge in [-0.2, -0.15) is 5.26 Å². The number of thiazole rings is 1. The summed E-state index contributed by atoms with van der Waals surface area (Å²) in [5.74, 6) is -0.405. The van der Waals surface area contributed by atoms with Gasteiger partial charge in [-0.25, -0.2) is 13.8 Å². The standard InChI is InChI=1S/C20H11F2N5OS/c21-12-2-4-15(14(22)8-12)27-10-24-26-19(27)20-25-18-13-3-1-11(9-23)7-16(13)28-6-5-17(18)29-20/h1-4,7-8,10H,5-6H2. The molecular formula is C20H11F2N5OS. The number of benzene rings is 2. The van der Waals surface area contributed by atoms with Crippen molar-refractivity contribution in [3.8, 4) is 39.6 Å². The summed E-state index contributed by atoms with van der Waals surface area (Å²) >= 11 is 1.42. The third-order valence-electron chi connectivity index (χ3n) is 4.56. The van der Waals surface area contributed by atoms with Crippen LogP contribution in [-0.4, -0.2) is 26.4 Å². The highest BCUT2D eigenvalue weighted by atomic mass is 32.1. The molecule has 142 valence electrons. The predicted molar refractivity (Wildman–Crippen MR) is 102 cm³/mol. The molecule has 0 aliphatic carbocycles. The summed E-state index contributed by atoms with van der Waals surface area (Å²) in [5, 5.41) is 17.7. The third kappa shape index (κ3) is 2.94. The van der Waals surface area contributed by atoms with Gasteiger partial charge in [0.2, 0.25) is 0 Å². The summed E-state index contributed by atoms with van der Waals surface area (Å²) in [6.45, 7) is 0.454. The zero-order valence-electron chi connectivity index (χ0n) is 14.8. The second kappa shape index (κ2) is 6.76. The maximum Gasteiger partial charge on any atom is 0.197 e. The quantitative estimate of drug-likeness (QED) is 0.499. The molecule has 0 saturated carbocycles. The average Bonchev–Trinajstić information content (AvgIpc) is 3.32. The molecule has 2 aromatic carbocycles. The fraction of sp³-hybridized carbons (Fsp3) is 0.100. The fourth-order valence-corrected chi connectivity index (χ4v) is 4.26. The third-order valence-corrected chi connectivity index (χ3v) is 5.67. The maximum atomic E-state index is 14.3. The zero-order chi connectivity index (χ0) is 20.0. The Hall–Kier alpha value is -3.64. The van der Waals surface area contributed by atoms with Crippen LogP contribution in [-0.2, 0) is 6.42 Å². The minimum absolute atomic E-state index is 0.138. The van der Waals surface area contributed by atoms with E-state index in [4.69, 9.17) is 15.0 Å². The largest absolute Gasteiger partial charge is 0.492 e. The van der Waals surface area contributed by atoms with E-state index in [-0.39, 0.29) is 5.69 Å². The summed E-state index contributed by atoms with van der Waals surface area (Å²) in [7, 11) is 0. The Kier molecular flexibility index (Phi) is 4.07. The van der Waals surface area contributed by atoms with Gasteiger partial charge in [0, 0.05) is 22.9 Å². The molecule has 0 N–H and O–H groups in total. The van der Waals surface area contributed by atoms with Crippen LogP contribution in [0.2, 0.25) is 0 Å². The summed E-state index contributed by atoms with van der Waals surface area (Å²) < 4.78 is 34.8. The molecule has 4 aromatic rings. The van der Waals surface area contributed by atoms with E-state index in [2.05, 4.69) is 16.3 Å². The Bertz CT molecular complexity index is 1290. The highest BCUT2D eigenvalue weighted by Crippen LogP contribution is 2.40. The van der Waals surface area contributed by atoms with Crippen LogP contribution in [0.25, 0.3) is 27.8 Å². The molecule has 0 amide bonds. The van der Waals surface area contributed by atoms with Crippen molar-refractivity contribution in [1.29, 1.82) is 5.26 Å². The summed E-state index contributed by atoms with van der Waals surface area (Å²) in [6, 6.07) is 10.7. The first kappa shape index (κ1) is 17.5. The molecule has 1 aliphatic heterocycles. The first-order valence-corrected chi connectivity index (χ1v) is 9.48. The molecule has 0 fully saturated rings. The Balaban J connectivity index is 1.63. The second-order valence-electron chi connectivity index (χ2n) is 6.33. The van der Waals surface area contributed by atoms with Crippen molar-refractivity contribution in [1.82, 2.24) is 19.7 Å². The van der Waals surface area contributed by atoms with Crippen LogP contribution in [0.1, 0.15) is 10.4 Å². The second-order valence-corrected chi connectivity index (χ2v) is 7.42. The number of halogens is 2. The number of hydrogen-bond acceptors (Lipinski definition) is 6. The topological polar surface area (TPSA) is 76.6 Å². The molecule has 1 aliphatic rings. The van der Waals surface area contributed by atoms with Gasteiger partial charge in [0.1, 0.15) is 23.7 Å². The SMILES string of the molecule is N#Cc1ccc2c(c1)OCCc1sc(-c3nncn3-c3ccc(F)cc3F)nc1-2. The van der Waals surface area contributed by atoms with E-state index in [0.29, 0.717) is 35.2 Å². The molecule has 0 spiro atoms. The normalized spacial score (nSPS) is 12.4. The van der Waals surface area contributed by atoms with Crippen LogP contribution < -0.4 is 4.74 Å². The Morgan fingerprint density at radius 3 is 2.90 bits per heavy atom. The van der Waals surface area contributed by atoms with Crippen molar-refractivity contribution in [2.75, 3.05) is 6.61 Å². The van der Waals surface area contributed by atoms with Crippen LogP contribution in [0.3, 0.4) is 0 Å². The van der Waals surface area contributed by atoms with Gasteiger partial charge >= 0.3 is 0 Å². The van der Waals surface area contributed by atoms with Gasteiger partial charge in [-0.15, -0.1) is 21.5 Å². The van der Waals surface area contributed by atoms with Gasteiger partial charge in [-0.05, 0) is 30.3 Å². The molecule has 0 bridgehead atoms. The van der Waals surface area contributed by atoms with Gasteiger partial charge in [0.25, 0.3) is 0 Å². The number of aromatic nitrogens is 4. The molecule has 5 rings (SSSR count). The Labute approximate surface area is 167 Å². The van der Waals surface area contributed by atoms with E-state index < -0.39 is 11.6 Å². The van der Waals surface area contributed by atoms with Crippen LogP contribution >= 0.6 is 11.3 Å². The lowest BCUT2D eigenvalue weighted by Gasteiger charge is -2.07. The van der Waals surface area contributed by atoms with Crippen LogP contribution in [0, 0.1) is 23.0 Å². The molecule has 0 radical (unpaired) electrons. The van der Waals surface area contributed by atoms with E-state index in [1.54, 1.807) is 12.1 Å². The maximum absolute atomic E-state index is 14.3. The van der Waals surface area contributed by atoms with Gasteiger partial charge < -0.3 is 4.74 Å². The van der Waals surface area contributed by atoms with E-state index in [1.807, 2.05) is 6.07 Å². The van der Waals surface area contributed by atoms with Crippen molar-refractivity contribution in [3.05, 3.63) is 64.8 Å². The van der Waals surface area contributed by atoms with E-state index in [1.165, 1.54) is 34.4 Å². The molecule has 0 saturated heterocycles. The number of rotatable bonds is 2. The first-order valence-electron chi connectivity index (χ1n) is 8.67. The number of hydrogen-bond donors (Lipinski definition) is 0. The monoisotopic (exact) mass is 407 g/mol. The lowest BCUT2D eigenvalue weighted by Crippen LogP contribution is -2.00. The lowest BCUT2D eigenvalue weighted by molar-refractivity contribution is 0.327. The Morgan fingerprint density at radius 2 is 2.07 bits per heavy atom. The molecule has 0 unspecified atom stereocenters. The lowest BCUT2D eigenvalue weighted by atomic mass is 10.1. The highest BCUT2D eigenvalue weighted by Gasteiger charge is 2.24. The number of nitriles is 1. The van der Waals surface area contributed by atoms with Gasteiger partial charge in [0.15, 0.2) is 10.8 Å². The molecule has 0 atom stereocenters. The summed E-state index contributed by atoms with van der Waals surface area (Å²) in [6.07, 6.45) is 2.01. The van der Waals surface area contributed by atoms with E-state index in [0.717, 1.165) is 22.2 Å². The molecule has 2 aromatic heterocycles. The predicted octanol–water partition coefficient (Wildman–Crippen LogP) is 4.14. The smallest absolute Gasteiger partial charge is 0.197 e. The average molecular weight is 407 g/mol. The number of nitrogens with zero attached hydrogens (tertiary/aromatic N) is 5. The number of fused-ring (bicyclic) bond motifs is 3. The van der Waals surface area contributed by atoms with Crippen LogP contribution in [0.15, 0.2) is 42.7 Å².